The van der Waals surface area contributed by atoms with Crippen molar-refractivity contribution in [3.63, 3.8) is 0 Å². The normalized spacial score (nSPS) is 23.1. The van der Waals surface area contributed by atoms with Gasteiger partial charge in [0.15, 0.2) is 0 Å². The zero-order valence-electron chi connectivity index (χ0n) is 14.4. The third-order valence-corrected chi connectivity index (χ3v) is 5.18. The molecule has 1 heterocycles. The van der Waals surface area contributed by atoms with Gasteiger partial charge >= 0.3 is 0 Å². The van der Waals surface area contributed by atoms with E-state index in [-0.39, 0.29) is 0 Å². The summed E-state index contributed by atoms with van der Waals surface area (Å²) in [7, 11) is 1.77. The van der Waals surface area contributed by atoms with E-state index in [0.29, 0.717) is 5.41 Å². The maximum absolute atomic E-state index is 5.62. The molecular formula is C19H31NO. The summed E-state index contributed by atoms with van der Waals surface area (Å²) in [5.41, 5.74) is 2.91. The first-order chi connectivity index (χ1) is 9.95. The van der Waals surface area contributed by atoms with Crippen LogP contribution in [-0.4, -0.2) is 12.1 Å². The Morgan fingerprint density at radius 1 is 1.19 bits per heavy atom. The molecule has 0 saturated heterocycles. The van der Waals surface area contributed by atoms with Gasteiger partial charge in [0.1, 0.15) is 5.75 Å². The zero-order chi connectivity index (χ0) is 15.5. The molecule has 0 amide bonds. The van der Waals surface area contributed by atoms with Crippen molar-refractivity contribution in [1.29, 1.82) is 0 Å². The summed E-state index contributed by atoms with van der Waals surface area (Å²) >= 11 is 0. The van der Waals surface area contributed by atoms with E-state index in [1.807, 2.05) is 6.20 Å². The van der Waals surface area contributed by atoms with Crippen molar-refractivity contribution in [2.24, 2.45) is 17.3 Å². The van der Waals surface area contributed by atoms with Gasteiger partial charge in [0.05, 0.1) is 12.8 Å². The minimum Gasteiger partial charge on any atom is -0.495 e. The van der Waals surface area contributed by atoms with Crippen LogP contribution in [0.5, 0.6) is 5.75 Å². The van der Waals surface area contributed by atoms with Gasteiger partial charge in [-0.3, -0.25) is 4.98 Å². The first-order valence-corrected chi connectivity index (χ1v) is 8.46. The highest BCUT2D eigenvalue weighted by Crippen LogP contribution is 2.41. The van der Waals surface area contributed by atoms with E-state index in [1.165, 1.54) is 31.2 Å². The predicted octanol–water partition coefficient (Wildman–Crippen LogP) is 5.05. The van der Waals surface area contributed by atoms with Crippen molar-refractivity contribution in [1.82, 2.24) is 4.98 Å². The molecule has 1 fully saturated rings. The summed E-state index contributed by atoms with van der Waals surface area (Å²) in [6.45, 7) is 9.30. The maximum Gasteiger partial charge on any atom is 0.143 e. The van der Waals surface area contributed by atoms with E-state index < -0.39 is 0 Å². The molecule has 0 N–H and O–H groups in total. The quantitative estimate of drug-likeness (QED) is 0.774. The van der Waals surface area contributed by atoms with Crippen LogP contribution in [0.2, 0.25) is 0 Å². The average molecular weight is 289 g/mol. The summed E-state index contributed by atoms with van der Waals surface area (Å²) in [6, 6.07) is 2.15. The molecule has 118 valence electrons. The van der Waals surface area contributed by atoms with Crippen LogP contribution < -0.4 is 4.74 Å². The molecule has 1 aliphatic carbocycles. The molecule has 0 unspecified atom stereocenters. The molecule has 1 saturated carbocycles. The smallest absolute Gasteiger partial charge is 0.143 e. The minimum atomic E-state index is 0.467. The highest BCUT2D eigenvalue weighted by molar-refractivity contribution is 5.37. The second kappa shape index (κ2) is 6.81. The fraction of sp³-hybridized carbons (Fsp3) is 0.737. The predicted molar refractivity (Wildman–Crippen MR) is 88.8 cm³/mol. The Morgan fingerprint density at radius 2 is 1.86 bits per heavy atom. The average Bonchev–Trinajstić information content (AvgIpc) is 2.46. The van der Waals surface area contributed by atoms with Crippen LogP contribution in [0.3, 0.4) is 0 Å². The number of ether oxygens (including phenoxy) is 1. The van der Waals surface area contributed by atoms with E-state index in [0.717, 1.165) is 36.1 Å². The summed E-state index contributed by atoms with van der Waals surface area (Å²) in [5, 5.41) is 0. The Bertz CT molecular complexity index is 453. The number of nitrogens with zero attached hydrogens (tertiary/aromatic N) is 1. The van der Waals surface area contributed by atoms with Gasteiger partial charge in [-0.1, -0.05) is 27.7 Å². The molecule has 0 bridgehead atoms. The lowest BCUT2D eigenvalue weighted by Gasteiger charge is -2.37. The third kappa shape index (κ3) is 3.99. The van der Waals surface area contributed by atoms with E-state index >= 15 is 0 Å². The van der Waals surface area contributed by atoms with Crippen molar-refractivity contribution in [3.05, 3.63) is 23.5 Å². The van der Waals surface area contributed by atoms with Crippen molar-refractivity contribution in [3.8, 4) is 5.75 Å². The first kappa shape index (κ1) is 16.3. The van der Waals surface area contributed by atoms with Crippen LogP contribution in [0.25, 0.3) is 0 Å². The van der Waals surface area contributed by atoms with Gasteiger partial charge in [-0.2, -0.15) is 0 Å². The van der Waals surface area contributed by atoms with Crippen LogP contribution >= 0.6 is 0 Å². The number of aromatic nitrogens is 1. The lowest BCUT2D eigenvalue weighted by Crippen LogP contribution is -2.26. The lowest BCUT2D eigenvalue weighted by atomic mass is 9.69. The summed E-state index contributed by atoms with van der Waals surface area (Å²) in [6.07, 6.45) is 9.49. The van der Waals surface area contributed by atoms with Crippen LogP contribution in [0.1, 0.15) is 64.6 Å². The molecule has 0 aromatic carbocycles. The Morgan fingerprint density at radius 3 is 2.38 bits per heavy atom. The van der Waals surface area contributed by atoms with Crippen molar-refractivity contribution >= 4 is 0 Å². The molecule has 1 aromatic heterocycles. The van der Waals surface area contributed by atoms with E-state index in [4.69, 9.17) is 4.74 Å². The molecule has 1 aliphatic rings. The Kier molecular flexibility index (Phi) is 5.29. The van der Waals surface area contributed by atoms with Crippen LogP contribution in [0.4, 0.5) is 0 Å². The standard InChI is InChI=1S/C19H31NO/c1-6-17-18(21-5)15(11-12-20-17)13-14-7-9-16(10-8-14)19(2,3)4/h11-12,14,16H,6-10,13H2,1-5H3. The highest BCUT2D eigenvalue weighted by Gasteiger charge is 2.30. The van der Waals surface area contributed by atoms with Gasteiger partial charge in [-0.05, 0) is 67.4 Å². The van der Waals surface area contributed by atoms with E-state index in [2.05, 4.69) is 38.7 Å². The van der Waals surface area contributed by atoms with Crippen LogP contribution in [0.15, 0.2) is 12.3 Å². The molecule has 0 spiro atoms. The van der Waals surface area contributed by atoms with Crippen LogP contribution in [-0.2, 0) is 12.8 Å². The lowest BCUT2D eigenvalue weighted by molar-refractivity contribution is 0.149. The molecule has 0 aliphatic heterocycles. The van der Waals surface area contributed by atoms with Gasteiger partial charge < -0.3 is 4.74 Å². The summed E-state index contributed by atoms with van der Waals surface area (Å²) in [5.74, 6) is 2.72. The second-order valence-electron chi connectivity index (χ2n) is 7.59. The van der Waals surface area contributed by atoms with Gasteiger partial charge in [-0.15, -0.1) is 0 Å². The number of pyridine rings is 1. The Labute approximate surface area is 130 Å². The molecule has 0 radical (unpaired) electrons. The fourth-order valence-corrected chi connectivity index (χ4v) is 3.74. The number of rotatable bonds is 4. The van der Waals surface area contributed by atoms with Gasteiger partial charge in [0, 0.05) is 6.20 Å². The number of aryl methyl sites for hydroxylation is 1. The van der Waals surface area contributed by atoms with Crippen molar-refractivity contribution in [2.75, 3.05) is 7.11 Å². The first-order valence-electron chi connectivity index (χ1n) is 8.46. The van der Waals surface area contributed by atoms with Crippen LogP contribution in [0, 0.1) is 17.3 Å². The maximum atomic E-state index is 5.62. The van der Waals surface area contributed by atoms with Crippen molar-refractivity contribution < 1.29 is 4.74 Å². The molecule has 2 nitrogen and oxygen atoms in total. The monoisotopic (exact) mass is 289 g/mol. The highest BCUT2D eigenvalue weighted by atomic mass is 16.5. The second-order valence-corrected chi connectivity index (χ2v) is 7.59. The molecule has 1 aromatic rings. The topological polar surface area (TPSA) is 22.1 Å². The summed E-state index contributed by atoms with van der Waals surface area (Å²) < 4.78 is 5.62. The third-order valence-electron chi connectivity index (χ3n) is 5.18. The molecule has 2 rings (SSSR count). The summed E-state index contributed by atoms with van der Waals surface area (Å²) in [4.78, 5) is 4.44. The van der Waals surface area contributed by atoms with Crippen molar-refractivity contribution in [2.45, 2.75) is 66.2 Å². The largest absolute Gasteiger partial charge is 0.495 e. The molecule has 21 heavy (non-hydrogen) atoms. The van der Waals surface area contributed by atoms with Gasteiger partial charge in [0.2, 0.25) is 0 Å². The van der Waals surface area contributed by atoms with Gasteiger partial charge in [0.25, 0.3) is 0 Å². The molecule has 2 heteroatoms. The SMILES string of the molecule is CCc1nccc(CC2CCC(C(C)(C)C)CC2)c1OC. The Balaban J connectivity index is 2.01. The molecule has 0 atom stereocenters. The number of methoxy groups -OCH3 is 1. The Hall–Kier alpha value is -1.05. The van der Waals surface area contributed by atoms with E-state index in [9.17, 15) is 0 Å². The minimum absolute atomic E-state index is 0.467. The molecular weight excluding hydrogens is 258 g/mol. The zero-order valence-corrected chi connectivity index (χ0v) is 14.4. The fourth-order valence-electron chi connectivity index (χ4n) is 3.74. The van der Waals surface area contributed by atoms with Gasteiger partial charge in [-0.25, -0.2) is 0 Å². The van der Waals surface area contributed by atoms with E-state index in [1.54, 1.807) is 7.11 Å². The number of hydrogen-bond acceptors (Lipinski definition) is 2. The number of hydrogen-bond donors (Lipinski definition) is 0.